The van der Waals surface area contributed by atoms with Crippen LogP contribution < -0.4 is 9.64 Å². The lowest BCUT2D eigenvalue weighted by Crippen LogP contribution is -2.27. The first-order valence-corrected chi connectivity index (χ1v) is 15.9. The van der Waals surface area contributed by atoms with Crippen molar-refractivity contribution in [3.63, 3.8) is 0 Å². The van der Waals surface area contributed by atoms with Crippen LogP contribution in [-0.4, -0.2) is 23.3 Å². The minimum absolute atomic E-state index is 0. The summed E-state index contributed by atoms with van der Waals surface area (Å²) in [4.78, 5) is 16.3. The van der Waals surface area contributed by atoms with E-state index in [-0.39, 0.29) is 34.5 Å². The molecule has 0 spiro atoms. The van der Waals surface area contributed by atoms with Gasteiger partial charge in [-0.25, -0.2) is 4.39 Å². The van der Waals surface area contributed by atoms with Gasteiger partial charge in [-0.05, 0) is 47.2 Å². The lowest BCUT2D eigenvalue weighted by molar-refractivity contribution is -0.116. The Morgan fingerprint density at radius 3 is 2.05 bits per heavy atom. The molecule has 0 saturated carbocycles. The molecule has 1 heterocycles. The fourth-order valence-corrected chi connectivity index (χ4v) is 5.59. The molecule has 0 unspecified atom stereocenters. The average Bonchev–Trinajstić information content (AvgIpc) is 3.44. The van der Waals surface area contributed by atoms with Gasteiger partial charge in [0, 0.05) is 25.4 Å². The number of carbonyl (C=O) groups excluding carboxylic acids is 1. The molecule has 7 heteroatoms. The van der Waals surface area contributed by atoms with Gasteiger partial charge in [-0.2, -0.15) is 0 Å². The van der Waals surface area contributed by atoms with Gasteiger partial charge in [0.1, 0.15) is 0 Å². The van der Waals surface area contributed by atoms with Crippen LogP contribution in [0.4, 0.5) is 10.1 Å². The molecule has 1 amide bonds. The van der Waals surface area contributed by atoms with Crippen molar-refractivity contribution in [2.45, 2.75) is 104 Å². The molecular weight excluding hydrogens is 587 g/mol. The van der Waals surface area contributed by atoms with E-state index in [0.717, 1.165) is 36.5 Å². The predicted molar refractivity (Wildman–Crippen MR) is 174 cm³/mol. The smallest absolute Gasteiger partial charge is 0.224 e. The number of hydrogen-bond acceptors (Lipinski definition) is 4. The molecule has 4 nitrogen and oxygen atoms in total. The maximum Gasteiger partial charge on any atom is 0.224 e. The first kappa shape index (κ1) is 34.2. The third kappa shape index (κ3) is 12.7. The number of unbranched alkanes of at least 4 members (excludes halogenated alkanes) is 11. The maximum atomic E-state index is 14.8. The molecule has 2 aromatic rings. The Balaban J connectivity index is 0.00000560. The number of rotatable bonds is 19. The number of carbonyl (C=O) groups is 1. The van der Waals surface area contributed by atoms with Crippen LogP contribution in [0.5, 0.6) is 5.75 Å². The quantitative estimate of drug-likeness (QED) is 0.144. The van der Waals surface area contributed by atoms with E-state index < -0.39 is 0 Å². The molecule has 0 fully saturated rings. The molecular formula is C33H48BrFN2O2S. The highest BCUT2D eigenvalue weighted by Crippen LogP contribution is 2.24. The number of amides is 1. The second-order valence-corrected chi connectivity index (χ2v) is 11.5. The van der Waals surface area contributed by atoms with Gasteiger partial charge in [-0.15, -0.1) is 28.7 Å². The highest BCUT2D eigenvalue weighted by atomic mass is 79.9. The molecule has 1 aliphatic rings. The zero-order valence-electron chi connectivity index (χ0n) is 24.4. The molecule has 0 atom stereocenters. The SMILES string of the molecule is Br.CCCCCCCCCCCCCCOc1ccc(CN(C(C)=O)c2ccc(CN3C=CSC3)cc2)cc1F. The largest absolute Gasteiger partial charge is 0.491 e. The minimum atomic E-state index is -0.373. The molecule has 2 aromatic carbocycles. The molecule has 0 aromatic heterocycles. The van der Waals surface area contributed by atoms with Crippen LogP contribution in [0.1, 0.15) is 102 Å². The number of halogens is 2. The molecule has 0 aliphatic carbocycles. The van der Waals surface area contributed by atoms with Crippen LogP contribution in [0.2, 0.25) is 0 Å². The summed E-state index contributed by atoms with van der Waals surface area (Å²) in [5.41, 5.74) is 2.74. The van der Waals surface area contributed by atoms with E-state index in [2.05, 4.69) is 35.6 Å². The number of nitrogens with zero attached hydrogens (tertiary/aromatic N) is 2. The molecule has 3 rings (SSSR count). The number of anilines is 1. The van der Waals surface area contributed by atoms with Gasteiger partial charge >= 0.3 is 0 Å². The maximum absolute atomic E-state index is 14.8. The van der Waals surface area contributed by atoms with Gasteiger partial charge in [-0.3, -0.25) is 4.79 Å². The summed E-state index contributed by atoms with van der Waals surface area (Å²) in [7, 11) is 0. The number of ether oxygens (including phenoxy) is 1. The summed E-state index contributed by atoms with van der Waals surface area (Å²) in [5.74, 6) is 0.803. The van der Waals surface area contributed by atoms with E-state index in [1.54, 1.807) is 29.7 Å². The van der Waals surface area contributed by atoms with Crippen molar-refractivity contribution in [2.24, 2.45) is 0 Å². The summed E-state index contributed by atoms with van der Waals surface area (Å²) in [5, 5.41) is 2.10. The lowest BCUT2D eigenvalue weighted by Gasteiger charge is -2.22. The van der Waals surface area contributed by atoms with Gasteiger partial charge in [0.05, 0.1) is 19.0 Å². The van der Waals surface area contributed by atoms with E-state index in [4.69, 9.17) is 4.74 Å². The van der Waals surface area contributed by atoms with E-state index >= 15 is 0 Å². The van der Waals surface area contributed by atoms with E-state index in [0.29, 0.717) is 13.2 Å². The van der Waals surface area contributed by atoms with Crippen molar-refractivity contribution in [1.29, 1.82) is 0 Å². The summed E-state index contributed by atoms with van der Waals surface area (Å²) in [6, 6.07) is 13.1. The molecule has 0 saturated heterocycles. The normalized spacial score (nSPS) is 12.4. The monoisotopic (exact) mass is 634 g/mol. The molecule has 40 heavy (non-hydrogen) atoms. The van der Waals surface area contributed by atoms with Crippen molar-refractivity contribution < 1.29 is 13.9 Å². The summed E-state index contributed by atoms with van der Waals surface area (Å²) >= 11 is 1.78. The van der Waals surface area contributed by atoms with Gasteiger partial charge in [0.15, 0.2) is 11.6 Å². The topological polar surface area (TPSA) is 32.8 Å². The molecule has 0 radical (unpaired) electrons. The molecule has 0 bridgehead atoms. The van der Waals surface area contributed by atoms with Gasteiger partial charge in [0.2, 0.25) is 5.91 Å². The third-order valence-electron chi connectivity index (χ3n) is 7.21. The summed E-state index contributed by atoms with van der Waals surface area (Å²) in [6.07, 6.45) is 17.6. The first-order valence-electron chi connectivity index (χ1n) is 14.9. The van der Waals surface area contributed by atoms with Gasteiger partial charge < -0.3 is 14.5 Å². The Morgan fingerprint density at radius 2 is 1.50 bits per heavy atom. The Bertz CT molecular complexity index is 1020. The Labute approximate surface area is 256 Å². The number of hydrogen-bond donors (Lipinski definition) is 0. The zero-order valence-corrected chi connectivity index (χ0v) is 26.9. The lowest BCUT2D eigenvalue weighted by atomic mass is 10.1. The van der Waals surface area contributed by atoms with E-state index in [9.17, 15) is 9.18 Å². The third-order valence-corrected chi connectivity index (χ3v) is 8.01. The highest BCUT2D eigenvalue weighted by Gasteiger charge is 2.15. The van der Waals surface area contributed by atoms with Crippen LogP contribution in [-0.2, 0) is 17.9 Å². The minimum Gasteiger partial charge on any atom is -0.491 e. The van der Waals surface area contributed by atoms with Gasteiger partial charge in [0.25, 0.3) is 0 Å². The Morgan fingerprint density at radius 1 is 0.900 bits per heavy atom. The van der Waals surface area contributed by atoms with Crippen LogP contribution in [0.25, 0.3) is 0 Å². The van der Waals surface area contributed by atoms with Crippen molar-refractivity contribution in [1.82, 2.24) is 4.90 Å². The van der Waals surface area contributed by atoms with Crippen LogP contribution in [0.3, 0.4) is 0 Å². The average molecular weight is 636 g/mol. The Kier molecular flexibility index (Phi) is 17.1. The molecule has 1 aliphatic heterocycles. The Hall–Kier alpha value is -1.99. The standard InChI is InChI=1S/C33H47FN2O2S.BrH/c1-3-4-5-6-7-8-9-10-11-12-13-14-22-38-33-20-17-30(24-32(33)34)26-36(28(2)37)31-18-15-29(16-19-31)25-35-21-23-39-27-35;/h15-21,23-24H,3-14,22,25-27H2,1-2H3;1H. The number of thioether (sulfide) groups is 1. The van der Waals surface area contributed by atoms with Crippen molar-refractivity contribution in [2.75, 3.05) is 17.4 Å². The van der Waals surface area contributed by atoms with Crippen LogP contribution in [0, 0.1) is 5.82 Å². The fourth-order valence-electron chi connectivity index (χ4n) is 4.88. The number of benzene rings is 2. The summed E-state index contributed by atoms with van der Waals surface area (Å²) in [6.45, 7) is 5.50. The van der Waals surface area contributed by atoms with E-state index in [1.807, 2.05) is 18.2 Å². The molecule has 0 N–H and O–H groups in total. The molecule has 222 valence electrons. The van der Waals surface area contributed by atoms with E-state index in [1.165, 1.54) is 75.8 Å². The van der Waals surface area contributed by atoms with Crippen molar-refractivity contribution >= 4 is 40.3 Å². The predicted octanol–water partition coefficient (Wildman–Crippen LogP) is 10.0. The van der Waals surface area contributed by atoms with Crippen molar-refractivity contribution in [3.8, 4) is 5.75 Å². The summed E-state index contributed by atoms with van der Waals surface area (Å²) < 4.78 is 20.5. The van der Waals surface area contributed by atoms with Crippen LogP contribution in [0.15, 0.2) is 54.1 Å². The second kappa shape index (κ2) is 20.0. The fraction of sp³-hybridized carbons (Fsp3) is 0.545. The van der Waals surface area contributed by atoms with Crippen LogP contribution >= 0.6 is 28.7 Å². The second-order valence-electron chi connectivity index (χ2n) is 10.6. The van der Waals surface area contributed by atoms with Crippen molar-refractivity contribution in [3.05, 3.63) is 71.0 Å². The van der Waals surface area contributed by atoms with Gasteiger partial charge in [-0.1, -0.05) is 95.8 Å². The highest BCUT2D eigenvalue weighted by molar-refractivity contribution is 8.93. The zero-order chi connectivity index (χ0) is 27.7. The first-order chi connectivity index (χ1) is 19.1.